The van der Waals surface area contributed by atoms with Crippen molar-refractivity contribution in [1.29, 1.82) is 0 Å². The van der Waals surface area contributed by atoms with Gasteiger partial charge in [0.05, 0.1) is 10.8 Å². The van der Waals surface area contributed by atoms with E-state index in [9.17, 15) is 4.21 Å². The summed E-state index contributed by atoms with van der Waals surface area (Å²) >= 11 is 0. The lowest BCUT2D eigenvalue weighted by atomic mass is 10.5. The molecule has 60 valence electrons. The summed E-state index contributed by atoms with van der Waals surface area (Å²) in [5.41, 5.74) is 0. The third-order valence-electron chi connectivity index (χ3n) is 1.21. The molecule has 0 radical (unpaired) electrons. The zero-order valence-electron chi connectivity index (χ0n) is 6.37. The zero-order chi connectivity index (χ0) is 8.27. The molecule has 0 aliphatic carbocycles. The Kier molecular flexibility index (Phi) is 2.65. The fourth-order valence-corrected chi connectivity index (χ4v) is 1.55. The molecule has 1 rings (SSSR count). The molecular formula is C8H10O2S. The number of hydrogen-bond acceptors (Lipinski definition) is 2. The summed E-state index contributed by atoms with van der Waals surface area (Å²) in [7, 11) is -1.05. The second-order valence-electron chi connectivity index (χ2n) is 2.17. The second-order valence-corrected chi connectivity index (χ2v) is 3.59. The van der Waals surface area contributed by atoms with Crippen LogP contribution in [0, 0.1) is 6.92 Å². The van der Waals surface area contributed by atoms with Gasteiger partial charge in [-0.1, -0.05) is 6.08 Å². The molecule has 0 aliphatic heterocycles. The topological polar surface area (TPSA) is 30.2 Å². The molecule has 0 saturated carbocycles. The first-order valence-corrected chi connectivity index (χ1v) is 4.61. The van der Waals surface area contributed by atoms with Gasteiger partial charge in [0, 0.05) is 5.75 Å². The number of hydrogen-bond donors (Lipinski definition) is 0. The smallest absolute Gasteiger partial charge is 0.190 e. The maximum absolute atomic E-state index is 11.2. The van der Waals surface area contributed by atoms with Crippen LogP contribution >= 0.6 is 0 Å². The fraction of sp³-hybridized carbons (Fsp3) is 0.250. The molecule has 0 amide bonds. The summed E-state index contributed by atoms with van der Waals surface area (Å²) in [6, 6.07) is 3.53. The fourth-order valence-electron chi connectivity index (χ4n) is 0.724. The van der Waals surface area contributed by atoms with Crippen LogP contribution in [0.25, 0.3) is 0 Å². The van der Waals surface area contributed by atoms with Crippen molar-refractivity contribution in [2.24, 2.45) is 0 Å². The Balaban J connectivity index is 2.76. The summed E-state index contributed by atoms with van der Waals surface area (Å²) in [5, 5.41) is 0.530. The van der Waals surface area contributed by atoms with Crippen molar-refractivity contribution < 1.29 is 8.63 Å². The highest BCUT2D eigenvalue weighted by Gasteiger charge is 2.04. The highest BCUT2D eigenvalue weighted by Crippen LogP contribution is 2.10. The lowest BCUT2D eigenvalue weighted by Crippen LogP contribution is -1.91. The van der Waals surface area contributed by atoms with Gasteiger partial charge in [-0.25, -0.2) is 0 Å². The van der Waals surface area contributed by atoms with E-state index in [2.05, 4.69) is 6.58 Å². The van der Waals surface area contributed by atoms with Gasteiger partial charge in [-0.05, 0) is 19.1 Å². The quantitative estimate of drug-likeness (QED) is 0.648. The van der Waals surface area contributed by atoms with Gasteiger partial charge < -0.3 is 4.42 Å². The summed E-state index contributed by atoms with van der Waals surface area (Å²) in [6.45, 7) is 5.33. The van der Waals surface area contributed by atoms with E-state index in [1.54, 1.807) is 18.2 Å². The molecule has 3 heteroatoms. The average molecular weight is 170 g/mol. The SMILES string of the molecule is C=CCS(=O)c1ccc(C)o1. The minimum Gasteiger partial charge on any atom is -0.453 e. The van der Waals surface area contributed by atoms with Crippen LogP contribution in [0.5, 0.6) is 0 Å². The molecule has 11 heavy (non-hydrogen) atoms. The van der Waals surface area contributed by atoms with Crippen LogP contribution in [-0.2, 0) is 10.8 Å². The van der Waals surface area contributed by atoms with Crippen LogP contribution in [0.15, 0.2) is 34.3 Å². The average Bonchev–Trinajstić information content (AvgIpc) is 2.36. The minimum atomic E-state index is -1.05. The van der Waals surface area contributed by atoms with E-state index in [4.69, 9.17) is 4.42 Å². The Bertz CT molecular complexity index is 275. The highest BCUT2D eigenvalue weighted by atomic mass is 32.2. The van der Waals surface area contributed by atoms with Gasteiger partial charge in [0.25, 0.3) is 0 Å². The standard InChI is InChI=1S/C8H10O2S/c1-3-6-11(9)8-5-4-7(2)10-8/h3-5H,1,6H2,2H3. The normalized spacial score (nSPS) is 12.8. The predicted molar refractivity (Wildman–Crippen MR) is 44.9 cm³/mol. The van der Waals surface area contributed by atoms with Crippen molar-refractivity contribution in [3.63, 3.8) is 0 Å². The first kappa shape index (κ1) is 8.27. The number of rotatable bonds is 3. The van der Waals surface area contributed by atoms with Crippen LogP contribution in [0.1, 0.15) is 5.76 Å². The minimum absolute atomic E-state index is 0.451. The van der Waals surface area contributed by atoms with Crippen LogP contribution in [0.3, 0.4) is 0 Å². The highest BCUT2D eigenvalue weighted by molar-refractivity contribution is 7.85. The Morgan fingerprint density at radius 2 is 2.45 bits per heavy atom. The molecule has 0 aliphatic rings. The Morgan fingerprint density at radius 3 is 2.91 bits per heavy atom. The number of furan rings is 1. The second kappa shape index (κ2) is 3.53. The molecule has 2 nitrogen and oxygen atoms in total. The lowest BCUT2D eigenvalue weighted by molar-refractivity contribution is 0.441. The largest absolute Gasteiger partial charge is 0.453 e. The van der Waals surface area contributed by atoms with Crippen molar-refractivity contribution in [1.82, 2.24) is 0 Å². The molecule has 0 fully saturated rings. The van der Waals surface area contributed by atoms with Gasteiger partial charge in [0.1, 0.15) is 5.76 Å². The monoisotopic (exact) mass is 170 g/mol. The summed E-state index contributed by atoms with van der Waals surface area (Å²) in [5.74, 6) is 1.24. The molecule has 0 bridgehead atoms. The zero-order valence-corrected chi connectivity index (χ0v) is 7.19. The molecule has 0 N–H and O–H groups in total. The van der Waals surface area contributed by atoms with Gasteiger partial charge in [-0.2, -0.15) is 0 Å². The Morgan fingerprint density at radius 1 is 1.73 bits per heavy atom. The van der Waals surface area contributed by atoms with Crippen molar-refractivity contribution in [3.05, 3.63) is 30.5 Å². The van der Waals surface area contributed by atoms with Crippen LogP contribution in [0.4, 0.5) is 0 Å². The van der Waals surface area contributed by atoms with E-state index in [0.717, 1.165) is 5.76 Å². The summed E-state index contributed by atoms with van der Waals surface area (Å²) in [6.07, 6.45) is 1.62. The van der Waals surface area contributed by atoms with Crippen LogP contribution in [0.2, 0.25) is 0 Å². The van der Waals surface area contributed by atoms with E-state index >= 15 is 0 Å². The van der Waals surface area contributed by atoms with Crippen LogP contribution < -0.4 is 0 Å². The first-order chi connectivity index (χ1) is 5.24. The van der Waals surface area contributed by atoms with E-state index in [1.165, 1.54) is 0 Å². The van der Waals surface area contributed by atoms with Crippen LogP contribution in [-0.4, -0.2) is 9.96 Å². The van der Waals surface area contributed by atoms with Gasteiger partial charge in [0.2, 0.25) is 0 Å². The lowest BCUT2D eigenvalue weighted by Gasteiger charge is -1.90. The summed E-state index contributed by atoms with van der Waals surface area (Å²) < 4.78 is 16.4. The molecular weight excluding hydrogens is 160 g/mol. The molecule has 1 aromatic rings. The molecule has 1 atom stereocenters. The number of aryl methyl sites for hydroxylation is 1. The summed E-state index contributed by atoms with van der Waals surface area (Å²) in [4.78, 5) is 0. The Hall–Kier alpha value is -0.830. The van der Waals surface area contributed by atoms with Gasteiger partial charge >= 0.3 is 0 Å². The molecule has 0 aromatic carbocycles. The first-order valence-electron chi connectivity index (χ1n) is 3.29. The molecule has 1 aromatic heterocycles. The third kappa shape index (κ3) is 2.05. The van der Waals surface area contributed by atoms with Gasteiger partial charge in [-0.3, -0.25) is 4.21 Å². The maximum atomic E-state index is 11.2. The third-order valence-corrected chi connectivity index (χ3v) is 2.42. The van der Waals surface area contributed by atoms with E-state index in [0.29, 0.717) is 10.8 Å². The van der Waals surface area contributed by atoms with E-state index < -0.39 is 10.8 Å². The van der Waals surface area contributed by atoms with Crippen molar-refractivity contribution in [2.75, 3.05) is 5.75 Å². The molecule has 1 heterocycles. The van der Waals surface area contributed by atoms with E-state index in [-0.39, 0.29) is 0 Å². The maximum Gasteiger partial charge on any atom is 0.190 e. The van der Waals surface area contributed by atoms with E-state index in [1.807, 2.05) is 6.92 Å². The van der Waals surface area contributed by atoms with Crippen molar-refractivity contribution in [2.45, 2.75) is 12.0 Å². The van der Waals surface area contributed by atoms with Crippen molar-refractivity contribution >= 4 is 10.8 Å². The molecule has 0 saturated heterocycles. The molecule has 1 unspecified atom stereocenters. The Labute approximate surface area is 68.4 Å². The molecule has 0 spiro atoms. The predicted octanol–water partition coefficient (Wildman–Crippen LogP) is 1.88. The van der Waals surface area contributed by atoms with Gasteiger partial charge in [0.15, 0.2) is 5.09 Å². The van der Waals surface area contributed by atoms with Gasteiger partial charge in [-0.15, -0.1) is 6.58 Å². The van der Waals surface area contributed by atoms with Crippen molar-refractivity contribution in [3.8, 4) is 0 Å².